The quantitative estimate of drug-likeness (QED) is 0.168. The van der Waals surface area contributed by atoms with Crippen LogP contribution >= 0.6 is 0 Å². The molecule has 4 aliphatic rings. The number of hydrogen-bond acceptors (Lipinski definition) is 1. The molecular formula is C82H62N2O. The van der Waals surface area contributed by atoms with Gasteiger partial charge in [-0.1, -0.05) is 182 Å². The molecule has 3 nitrogen and oxygen atoms in total. The van der Waals surface area contributed by atoms with E-state index in [2.05, 4.69) is 282 Å². The van der Waals surface area contributed by atoms with Crippen molar-refractivity contribution in [3.8, 4) is 78.1 Å². The third-order valence-corrected chi connectivity index (χ3v) is 20.8. The number of hydrogen-bond donors (Lipinski definition) is 0. The Morgan fingerprint density at radius 1 is 0.341 bits per heavy atom. The average molecular weight is 1090 g/mol. The Morgan fingerprint density at radius 3 is 1.40 bits per heavy atom. The van der Waals surface area contributed by atoms with Gasteiger partial charge < -0.3 is 13.6 Å². The fraction of sp³-hybridized carbons (Fsp3) is 0.146. The van der Waals surface area contributed by atoms with Crippen molar-refractivity contribution in [1.29, 1.82) is 0 Å². The van der Waals surface area contributed by atoms with Gasteiger partial charge in [0.15, 0.2) is 0 Å². The van der Waals surface area contributed by atoms with Gasteiger partial charge in [0, 0.05) is 60.2 Å². The molecule has 3 aromatic heterocycles. The van der Waals surface area contributed by atoms with Crippen molar-refractivity contribution in [2.75, 3.05) is 0 Å². The van der Waals surface area contributed by atoms with E-state index < -0.39 is 0 Å². The van der Waals surface area contributed by atoms with Gasteiger partial charge in [0.05, 0.1) is 16.6 Å². The van der Waals surface area contributed by atoms with Crippen molar-refractivity contribution < 1.29 is 4.42 Å². The van der Waals surface area contributed by atoms with E-state index in [1.807, 2.05) is 6.07 Å². The van der Waals surface area contributed by atoms with E-state index in [0.717, 1.165) is 28.4 Å². The number of rotatable bonds is 5. The van der Waals surface area contributed by atoms with E-state index in [-0.39, 0.29) is 16.2 Å². The van der Waals surface area contributed by atoms with Crippen molar-refractivity contribution in [2.45, 2.75) is 77.0 Å². The lowest BCUT2D eigenvalue weighted by molar-refractivity contribution is 0.660. The molecular weight excluding hydrogens is 1030 g/mol. The second kappa shape index (κ2) is 17.0. The first-order valence-corrected chi connectivity index (χ1v) is 30.4. The van der Waals surface area contributed by atoms with Crippen molar-refractivity contribution in [3.05, 3.63) is 269 Å². The summed E-state index contributed by atoms with van der Waals surface area (Å²) in [5, 5.41) is 6.15. The first kappa shape index (κ1) is 48.8. The lowest BCUT2D eigenvalue weighted by Crippen LogP contribution is -2.15. The van der Waals surface area contributed by atoms with E-state index in [9.17, 15) is 0 Å². The lowest BCUT2D eigenvalue weighted by atomic mass is 9.82. The van der Waals surface area contributed by atoms with E-state index in [0.29, 0.717) is 5.92 Å². The summed E-state index contributed by atoms with van der Waals surface area (Å²) in [6, 6.07) is 83.2. The minimum atomic E-state index is -0.165. The van der Waals surface area contributed by atoms with E-state index in [1.54, 1.807) is 0 Å². The summed E-state index contributed by atoms with van der Waals surface area (Å²) < 4.78 is 11.3. The Bertz CT molecular complexity index is 5330. The maximum atomic E-state index is 6.22. The molecule has 0 saturated heterocycles. The molecule has 3 heteroatoms. The summed E-state index contributed by atoms with van der Waals surface area (Å²) in [5.74, 6) is 0.398. The molecule has 406 valence electrons. The number of allylic oxidation sites excluding steroid dienone is 1. The smallest absolute Gasteiger partial charge is 0.135 e. The molecule has 11 aromatic carbocycles. The zero-order chi connectivity index (χ0) is 57.0. The van der Waals surface area contributed by atoms with Crippen LogP contribution in [-0.2, 0) is 16.2 Å². The molecule has 0 spiro atoms. The predicted molar refractivity (Wildman–Crippen MR) is 356 cm³/mol. The van der Waals surface area contributed by atoms with Crippen LogP contribution in [0.2, 0.25) is 0 Å². The Labute approximate surface area is 495 Å². The normalized spacial score (nSPS) is 16.2. The molecule has 4 aliphatic carbocycles. The standard InChI is InChI=1S/C82H62N2O/c1-47-15-14-21-76-79(47)66-44-52(48-23-31-68-59(39-48)56-16-8-11-19-67(56)80(68,2)3)27-37-75(66)84(76)55-30-35-72-63(46-55)62-45-54(29-34-71(62)82(72,6)7)83-73-20-12-9-17-57(73)64-42-51(26-36-74(64)83)49-24-32-69-60(40-49)61-41-50(25-33-70(61)81(69,4)5)53-28-38-78-65(43-53)58-18-10-13-22-77(58)85-78/h8-14,16-47H,15H2,1-7H3. The lowest BCUT2D eigenvalue weighted by Gasteiger charge is -2.22. The van der Waals surface area contributed by atoms with Gasteiger partial charge in [-0.15, -0.1) is 0 Å². The van der Waals surface area contributed by atoms with Crippen LogP contribution in [-0.4, -0.2) is 9.13 Å². The van der Waals surface area contributed by atoms with Gasteiger partial charge in [-0.25, -0.2) is 0 Å². The van der Waals surface area contributed by atoms with Gasteiger partial charge in [-0.05, 0) is 215 Å². The first-order chi connectivity index (χ1) is 41.3. The Kier molecular flexibility index (Phi) is 9.75. The summed E-state index contributed by atoms with van der Waals surface area (Å²) in [6.45, 7) is 16.7. The fourth-order valence-corrected chi connectivity index (χ4v) is 16.4. The predicted octanol–water partition coefficient (Wildman–Crippen LogP) is 22.1. The van der Waals surface area contributed by atoms with Crippen LogP contribution in [0.4, 0.5) is 0 Å². The zero-order valence-electron chi connectivity index (χ0n) is 49.0. The highest BCUT2D eigenvalue weighted by Crippen LogP contribution is 2.55. The van der Waals surface area contributed by atoms with Crippen LogP contribution < -0.4 is 0 Å². The molecule has 85 heavy (non-hydrogen) atoms. The molecule has 3 heterocycles. The van der Waals surface area contributed by atoms with Crippen LogP contribution in [0, 0.1) is 0 Å². The minimum Gasteiger partial charge on any atom is -0.456 e. The summed E-state index contributed by atoms with van der Waals surface area (Å²) in [7, 11) is 0. The van der Waals surface area contributed by atoms with Gasteiger partial charge in [-0.2, -0.15) is 0 Å². The molecule has 0 radical (unpaired) electrons. The fourth-order valence-electron chi connectivity index (χ4n) is 16.4. The van der Waals surface area contributed by atoms with Gasteiger partial charge >= 0.3 is 0 Å². The monoisotopic (exact) mass is 1090 g/mol. The van der Waals surface area contributed by atoms with Crippen LogP contribution in [0.5, 0.6) is 0 Å². The molecule has 1 unspecified atom stereocenters. The van der Waals surface area contributed by atoms with E-state index in [4.69, 9.17) is 4.42 Å². The van der Waals surface area contributed by atoms with Crippen molar-refractivity contribution in [3.63, 3.8) is 0 Å². The third kappa shape index (κ3) is 6.67. The summed E-state index contributed by atoms with van der Waals surface area (Å²) in [4.78, 5) is 0. The highest BCUT2D eigenvalue weighted by molar-refractivity contribution is 6.11. The maximum absolute atomic E-state index is 6.22. The number of benzene rings is 11. The number of para-hydroxylation sites is 2. The number of fused-ring (bicyclic) bond motifs is 18. The summed E-state index contributed by atoms with van der Waals surface area (Å²) in [6.07, 6.45) is 5.79. The zero-order valence-corrected chi connectivity index (χ0v) is 49.0. The van der Waals surface area contributed by atoms with Crippen molar-refractivity contribution >= 4 is 60.7 Å². The van der Waals surface area contributed by atoms with Crippen molar-refractivity contribution in [1.82, 2.24) is 9.13 Å². The first-order valence-electron chi connectivity index (χ1n) is 30.4. The van der Waals surface area contributed by atoms with Gasteiger partial charge in [-0.3, -0.25) is 0 Å². The molecule has 18 rings (SSSR count). The largest absolute Gasteiger partial charge is 0.456 e. The van der Waals surface area contributed by atoms with Crippen LogP contribution in [0.3, 0.4) is 0 Å². The van der Waals surface area contributed by atoms with Crippen LogP contribution in [0.15, 0.2) is 229 Å². The second-order valence-electron chi connectivity index (χ2n) is 26.5. The van der Waals surface area contributed by atoms with Gasteiger partial charge in [0.1, 0.15) is 11.2 Å². The average Bonchev–Trinajstić information content (AvgIpc) is 1.80. The van der Waals surface area contributed by atoms with Gasteiger partial charge in [0.2, 0.25) is 0 Å². The highest BCUT2D eigenvalue weighted by atomic mass is 16.3. The second-order valence-corrected chi connectivity index (χ2v) is 26.5. The number of furan rings is 1. The minimum absolute atomic E-state index is 0.0179. The molecule has 14 aromatic rings. The summed E-state index contributed by atoms with van der Waals surface area (Å²) >= 11 is 0. The van der Waals surface area contributed by atoms with Crippen molar-refractivity contribution in [2.24, 2.45) is 0 Å². The molecule has 0 N–H and O–H groups in total. The molecule has 0 aliphatic heterocycles. The maximum Gasteiger partial charge on any atom is 0.135 e. The third-order valence-electron chi connectivity index (χ3n) is 20.8. The molecule has 1 atom stereocenters. The molecule has 0 bridgehead atoms. The number of nitrogens with zero attached hydrogens (tertiary/aromatic N) is 2. The topological polar surface area (TPSA) is 23.0 Å². The van der Waals surface area contributed by atoms with Crippen LogP contribution in [0.1, 0.15) is 105 Å². The molecule has 0 amide bonds. The Balaban J connectivity index is 0.723. The van der Waals surface area contributed by atoms with Gasteiger partial charge in [0.25, 0.3) is 0 Å². The highest BCUT2D eigenvalue weighted by Gasteiger charge is 2.39. The van der Waals surface area contributed by atoms with E-state index in [1.165, 1.54) is 155 Å². The van der Waals surface area contributed by atoms with Crippen LogP contribution in [0.25, 0.3) is 139 Å². The SMILES string of the molecule is CC1CC=Cc2c1c1cc(-c3ccc4c(c3)-c3ccccc3C4(C)C)ccc1n2-c1ccc2c(c1)-c1cc(-n3c4ccccc4c4cc(-c5ccc6c(c5)-c5cc(-c7ccc8oc9ccccc9c8c7)ccc5C6(C)C)ccc43)ccc1C2(C)C. The number of aromatic nitrogens is 2. The Hall–Kier alpha value is -9.70. The Morgan fingerprint density at radius 2 is 0.765 bits per heavy atom. The molecule has 0 fully saturated rings. The van der Waals surface area contributed by atoms with E-state index >= 15 is 0 Å². The molecule has 0 saturated carbocycles. The summed E-state index contributed by atoms with van der Waals surface area (Å²) in [5.41, 5.74) is 34.0.